The molecule has 3 aromatic heterocycles. The van der Waals surface area contributed by atoms with Crippen LogP contribution in [0.15, 0.2) is 60.9 Å². The number of ether oxygens (including phenoxy) is 1. The number of hydrogen-bond donors (Lipinski definition) is 2. The summed E-state index contributed by atoms with van der Waals surface area (Å²) in [5.74, 6) is -0.0597. The van der Waals surface area contributed by atoms with Gasteiger partial charge in [0, 0.05) is 80.8 Å². The molecule has 5 heterocycles. The summed E-state index contributed by atoms with van der Waals surface area (Å²) in [5, 5.41) is 14.6. The van der Waals surface area contributed by atoms with Gasteiger partial charge < -0.3 is 24.6 Å². The summed E-state index contributed by atoms with van der Waals surface area (Å²) in [6, 6.07) is 15.9. The van der Waals surface area contributed by atoms with Crippen LogP contribution in [0, 0.1) is 6.92 Å². The molecule has 12 heteroatoms. The molecule has 5 aromatic rings. The topological polar surface area (TPSA) is 126 Å². The molecule has 270 valence electrons. The van der Waals surface area contributed by atoms with E-state index >= 15 is 0 Å². The first kappa shape index (κ1) is 35.6. The Morgan fingerprint density at radius 2 is 1.87 bits per heavy atom. The molecule has 7 rings (SSSR count). The summed E-state index contributed by atoms with van der Waals surface area (Å²) < 4.78 is 7.37. The van der Waals surface area contributed by atoms with Crippen LogP contribution >= 0.6 is 11.6 Å². The Balaban J connectivity index is 1.09. The summed E-state index contributed by atoms with van der Waals surface area (Å²) in [6.45, 7) is 10.6. The lowest BCUT2D eigenvalue weighted by atomic mass is 9.96. The van der Waals surface area contributed by atoms with Crippen molar-refractivity contribution in [2.45, 2.75) is 71.8 Å². The van der Waals surface area contributed by atoms with E-state index in [1.807, 2.05) is 94.2 Å². The second kappa shape index (κ2) is 14.3. The SMILES string of the molecule is Cc1c(NC(=O)c2nc3c(n2C)CCN(C(=O)OC(C)(C)C)C3)cccc1-c1cccc(Cc2nccc3cc(CN4CC[C@@H](O)C4)cnc23)c1Cl. The van der Waals surface area contributed by atoms with Crippen LogP contribution in [-0.4, -0.2) is 77.8 Å². The number of aliphatic hydroxyl groups excluding tert-OH is 1. The molecule has 1 atom stereocenters. The average molecular weight is 722 g/mol. The summed E-state index contributed by atoms with van der Waals surface area (Å²) in [6.07, 6.45) is 4.94. The van der Waals surface area contributed by atoms with E-state index in [9.17, 15) is 14.7 Å². The number of hydrogen-bond acceptors (Lipinski definition) is 8. The number of likely N-dealkylation sites (tertiary alicyclic amines) is 1. The van der Waals surface area contributed by atoms with Crippen LogP contribution < -0.4 is 5.32 Å². The van der Waals surface area contributed by atoms with Crippen LogP contribution in [0.5, 0.6) is 0 Å². The number of aliphatic hydroxyl groups is 1. The second-order valence-corrected chi connectivity index (χ2v) is 15.2. The molecule has 0 aliphatic carbocycles. The molecule has 2 N–H and O–H groups in total. The minimum atomic E-state index is -0.596. The summed E-state index contributed by atoms with van der Waals surface area (Å²) >= 11 is 7.14. The van der Waals surface area contributed by atoms with Gasteiger partial charge in [0.1, 0.15) is 5.60 Å². The van der Waals surface area contributed by atoms with Gasteiger partial charge in [-0.15, -0.1) is 0 Å². The van der Waals surface area contributed by atoms with Gasteiger partial charge in [-0.2, -0.15) is 0 Å². The molecule has 0 unspecified atom stereocenters. The Bertz CT molecular complexity index is 2180. The normalized spacial score (nSPS) is 16.3. The van der Waals surface area contributed by atoms with E-state index in [1.165, 1.54) is 0 Å². The first-order valence-electron chi connectivity index (χ1n) is 17.7. The summed E-state index contributed by atoms with van der Waals surface area (Å²) in [4.78, 5) is 44.4. The van der Waals surface area contributed by atoms with Gasteiger partial charge in [0.05, 0.1) is 34.6 Å². The van der Waals surface area contributed by atoms with Crippen molar-refractivity contribution >= 4 is 40.2 Å². The van der Waals surface area contributed by atoms with E-state index in [2.05, 4.69) is 21.3 Å². The van der Waals surface area contributed by atoms with E-state index < -0.39 is 5.60 Å². The van der Waals surface area contributed by atoms with Crippen molar-refractivity contribution in [3.05, 3.63) is 106 Å². The lowest BCUT2D eigenvalue weighted by Crippen LogP contribution is -2.40. The number of fused-ring (bicyclic) bond motifs is 2. The highest BCUT2D eigenvalue weighted by molar-refractivity contribution is 6.34. The Morgan fingerprint density at radius 3 is 2.63 bits per heavy atom. The third kappa shape index (κ3) is 7.39. The predicted molar refractivity (Wildman–Crippen MR) is 201 cm³/mol. The molecule has 1 fully saturated rings. The number of pyridine rings is 2. The maximum atomic E-state index is 13.7. The standard InChI is InChI=1S/C40H44ClN7O4/c1-24-29(9-7-11-31(24)45-38(50)37-44-33-23-48(17-14-34(33)46(37)5)39(51)52-40(2,3)4)30-10-6-8-26(35(30)41)19-32-36-27(12-15-42-32)18-25(20-43-36)21-47-16-13-28(49)22-47/h6-12,15,18,20,28,49H,13-14,16-17,19,21-23H2,1-5H3,(H,45,50)/t28-/m1/s1. The fraction of sp³-hybridized carbons (Fsp3) is 0.375. The highest BCUT2D eigenvalue weighted by atomic mass is 35.5. The number of amides is 2. The first-order valence-corrected chi connectivity index (χ1v) is 18.1. The molecule has 2 aliphatic heterocycles. The van der Waals surface area contributed by atoms with Crippen molar-refractivity contribution in [2.75, 3.05) is 25.0 Å². The highest BCUT2D eigenvalue weighted by Gasteiger charge is 2.30. The van der Waals surface area contributed by atoms with Gasteiger partial charge in [-0.05, 0) is 74.6 Å². The number of nitrogens with zero attached hydrogens (tertiary/aromatic N) is 6. The molecule has 0 radical (unpaired) electrons. The number of anilines is 1. The third-order valence-corrected chi connectivity index (χ3v) is 10.3. The van der Waals surface area contributed by atoms with E-state index in [-0.39, 0.29) is 30.5 Å². The molecular weight excluding hydrogens is 678 g/mol. The molecule has 2 aromatic carbocycles. The van der Waals surface area contributed by atoms with E-state index in [0.29, 0.717) is 42.3 Å². The number of benzene rings is 2. The van der Waals surface area contributed by atoms with Crippen LogP contribution in [0.1, 0.15) is 71.6 Å². The zero-order valence-electron chi connectivity index (χ0n) is 30.2. The van der Waals surface area contributed by atoms with Crippen LogP contribution in [0.2, 0.25) is 5.02 Å². The van der Waals surface area contributed by atoms with Crippen LogP contribution in [0.25, 0.3) is 22.0 Å². The number of aromatic nitrogens is 4. The van der Waals surface area contributed by atoms with Gasteiger partial charge in [-0.3, -0.25) is 19.7 Å². The monoisotopic (exact) mass is 721 g/mol. The van der Waals surface area contributed by atoms with Crippen molar-refractivity contribution in [1.82, 2.24) is 29.3 Å². The number of rotatable bonds is 7. The molecule has 11 nitrogen and oxygen atoms in total. The third-order valence-electron chi connectivity index (χ3n) is 9.80. The Hall–Kier alpha value is -4.84. The van der Waals surface area contributed by atoms with Gasteiger partial charge in [0.25, 0.3) is 5.91 Å². The average Bonchev–Trinajstić information content (AvgIpc) is 3.67. The van der Waals surface area contributed by atoms with Crippen LogP contribution in [-0.2, 0) is 37.7 Å². The van der Waals surface area contributed by atoms with Crippen LogP contribution in [0.3, 0.4) is 0 Å². The molecular formula is C40H44ClN7O4. The fourth-order valence-electron chi connectivity index (χ4n) is 7.15. The number of carbonyl (C=O) groups is 2. The minimum Gasteiger partial charge on any atom is -0.444 e. The van der Waals surface area contributed by atoms with Gasteiger partial charge in [-0.1, -0.05) is 41.9 Å². The Kier molecular flexibility index (Phi) is 9.77. The number of nitrogens with one attached hydrogen (secondary N) is 1. The quantitative estimate of drug-likeness (QED) is 0.190. The van der Waals surface area contributed by atoms with E-state index in [0.717, 1.165) is 69.6 Å². The van der Waals surface area contributed by atoms with Crippen molar-refractivity contribution in [1.29, 1.82) is 0 Å². The molecule has 1 saturated heterocycles. The van der Waals surface area contributed by atoms with Crippen LogP contribution in [0.4, 0.5) is 10.5 Å². The minimum absolute atomic E-state index is 0.256. The molecule has 0 spiro atoms. The fourth-order valence-corrected chi connectivity index (χ4v) is 7.45. The van der Waals surface area contributed by atoms with Gasteiger partial charge in [-0.25, -0.2) is 9.78 Å². The number of halogens is 1. The molecule has 0 saturated carbocycles. The zero-order chi connectivity index (χ0) is 36.7. The molecule has 2 amide bonds. The highest BCUT2D eigenvalue weighted by Crippen LogP contribution is 2.36. The van der Waals surface area contributed by atoms with E-state index in [1.54, 1.807) is 4.90 Å². The van der Waals surface area contributed by atoms with Gasteiger partial charge >= 0.3 is 6.09 Å². The number of imidazole rings is 1. The zero-order valence-corrected chi connectivity index (χ0v) is 31.0. The maximum absolute atomic E-state index is 13.7. The number of carbonyl (C=O) groups excluding carboxylic acids is 2. The largest absolute Gasteiger partial charge is 0.444 e. The van der Waals surface area contributed by atoms with Crippen molar-refractivity contribution in [3.8, 4) is 11.1 Å². The van der Waals surface area contributed by atoms with Crippen molar-refractivity contribution < 1.29 is 19.4 Å². The molecule has 2 aliphatic rings. The second-order valence-electron chi connectivity index (χ2n) is 14.8. The van der Waals surface area contributed by atoms with Crippen molar-refractivity contribution in [3.63, 3.8) is 0 Å². The lowest BCUT2D eigenvalue weighted by molar-refractivity contribution is 0.0220. The maximum Gasteiger partial charge on any atom is 0.410 e. The molecule has 0 bridgehead atoms. The molecule has 52 heavy (non-hydrogen) atoms. The predicted octanol–water partition coefficient (Wildman–Crippen LogP) is 6.70. The number of β-amino-alcohol motifs (C(OH)–C–C–N with tert-alkyl or cyclic N) is 1. The smallest absolute Gasteiger partial charge is 0.410 e. The van der Waals surface area contributed by atoms with E-state index in [4.69, 9.17) is 26.3 Å². The van der Waals surface area contributed by atoms with Gasteiger partial charge in [0.15, 0.2) is 5.82 Å². The Morgan fingerprint density at radius 1 is 1.08 bits per heavy atom. The summed E-state index contributed by atoms with van der Waals surface area (Å²) in [7, 11) is 1.83. The van der Waals surface area contributed by atoms with Crippen molar-refractivity contribution in [2.24, 2.45) is 7.05 Å². The lowest BCUT2D eigenvalue weighted by Gasteiger charge is -2.29. The summed E-state index contributed by atoms with van der Waals surface area (Å²) in [5.41, 5.74) is 8.00. The first-order chi connectivity index (χ1) is 24.8. The Labute approximate surface area is 308 Å². The van der Waals surface area contributed by atoms with Gasteiger partial charge in [0.2, 0.25) is 0 Å².